The maximum absolute atomic E-state index is 5.14. The summed E-state index contributed by atoms with van der Waals surface area (Å²) in [6.45, 7) is 5.87. The number of aromatic nitrogens is 2. The van der Waals surface area contributed by atoms with Gasteiger partial charge in [0.25, 0.3) is 0 Å². The molecule has 1 aliphatic heterocycles. The maximum Gasteiger partial charge on any atom is 0.133 e. The molecule has 0 atom stereocenters. The van der Waals surface area contributed by atoms with Gasteiger partial charge in [-0.3, -0.25) is 0 Å². The molecule has 15 heavy (non-hydrogen) atoms. The zero-order valence-corrected chi connectivity index (χ0v) is 11.1. The van der Waals surface area contributed by atoms with Crippen molar-refractivity contribution in [3.8, 4) is 0 Å². The van der Waals surface area contributed by atoms with E-state index in [0.717, 1.165) is 28.7 Å². The van der Waals surface area contributed by atoms with E-state index in [1.54, 1.807) is 11.8 Å². The first-order valence-electron chi connectivity index (χ1n) is 4.94. The SMILES string of the molecule is CC(C)c1nc(Br)cc(SC2COC2)n1. The van der Waals surface area contributed by atoms with Gasteiger partial charge in [0.05, 0.1) is 18.5 Å². The molecule has 0 N–H and O–H groups in total. The predicted molar refractivity (Wildman–Crippen MR) is 64.3 cm³/mol. The van der Waals surface area contributed by atoms with Crippen molar-refractivity contribution in [3.63, 3.8) is 0 Å². The molecule has 5 heteroatoms. The van der Waals surface area contributed by atoms with Crippen molar-refractivity contribution in [3.05, 3.63) is 16.5 Å². The summed E-state index contributed by atoms with van der Waals surface area (Å²) in [5, 5.41) is 1.60. The van der Waals surface area contributed by atoms with Crippen molar-refractivity contribution in [1.82, 2.24) is 9.97 Å². The summed E-state index contributed by atoms with van der Waals surface area (Å²) >= 11 is 5.19. The van der Waals surface area contributed by atoms with E-state index in [9.17, 15) is 0 Å². The Morgan fingerprint density at radius 3 is 2.73 bits per heavy atom. The lowest BCUT2D eigenvalue weighted by Crippen LogP contribution is -2.30. The van der Waals surface area contributed by atoms with Crippen molar-refractivity contribution >= 4 is 27.7 Å². The van der Waals surface area contributed by atoms with Crippen LogP contribution in [0, 0.1) is 0 Å². The quantitative estimate of drug-likeness (QED) is 0.801. The third kappa shape index (κ3) is 2.92. The Morgan fingerprint density at radius 2 is 2.20 bits per heavy atom. The van der Waals surface area contributed by atoms with Crippen LogP contribution in [0.2, 0.25) is 0 Å². The van der Waals surface area contributed by atoms with Gasteiger partial charge in [0.15, 0.2) is 0 Å². The van der Waals surface area contributed by atoms with Crippen LogP contribution in [0.1, 0.15) is 25.6 Å². The fraction of sp³-hybridized carbons (Fsp3) is 0.600. The molecule has 0 aliphatic carbocycles. The monoisotopic (exact) mass is 288 g/mol. The van der Waals surface area contributed by atoms with E-state index in [1.165, 1.54) is 0 Å². The van der Waals surface area contributed by atoms with E-state index in [2.05, 4.69) is 39.7 Å². The molecule has 0 radical (unpaired) electrons. The van der Waals surface area contributed by atoms with E-state index >= 15 is 0 Å². The standard InChI is InChI=1S/C10H13BrN2OS/c1-6(2)10-12-8(11)3-9(13-10)15-7-4-14-5-7/h3,6-7H,4-5H2,1-2H3. The fourth-order valence-electron chi connectivity index (χ4n) is 1.19. The van der Waals surface area contributed by atoms with Crippen molar-refractivity contribution in [1.29, 1.82) is 0 Å². The minimum atomic E-state index is 0.361. The topological polar surface area (TPSA) is 35.0 Å². The van der Waals surface area contributed by atoms with Crippen LogP contribution in [0.4, 0.5) is 0 Å². The van der Waals surface area contributed by atoms with Crippen LogP contribution in [-0.2, 0) is 4.74 Å². The lowest BCUT2D eigenvalue weighted by Gasteiger charge is -2.24. The second kappa shape index (κ2) is 4.80. The first-order valence-corrected chi connectivity index (χ1v) is 6.61. The molecule has 0 bridgehead atoms. The highest BCUT2D eigenvalue weighted by atomic mass is 79.9. The van der Waals surface area contributed by atoms with Crippen LogP contribution >= 0.6 is 27.7 Å². The predicted octanol–water partition coefficient (Wildman–Crippen LogP) is 2.85. The Labute approximate surface area is 102 Å². The van der Waals surface area contributed by atoms with Gasteiger partial charge in [-0.25, -0.2) is 9.97 Å². The van der Waals surface area contributed by atoms with Crippen LogP contribution in [0.15, 0.2) is 15.7 Å². The van der Waals surface area contributed by atoms with Crippen LogP contribution in [-0.4, -0.2) is 28.4 Å². The summed E-state index contributed by atoms with van der Waals surface area (Å²) in [5.41, 5.74) is 0. The molecular weight excluding hydrogens is 276 g/mol. The van der Waals surface area contributed by atoms with Gasteiger partial charge in [0.2, 0.25) is 0 Å². The van der Waals surface area contributed by atoms with Gasteiger partial charge in [-0.15, -0.1) is 0 Å². The Morgan fingerprint density at radius 1 is 1.47 bits per heavy atom. The van der Waals surface area contributed by atoms with E-state index in [0.29, 0.717) is 11.2 Å². The Kier molecular flexibility index (Phi) is 3.64. The summed E-state index contributed by atoms with van der Waals surface area (Å²) in [6.07, 6.45) is 0. The smallest absolute Gasteiger partial charge is 0.133 e. The number of halogens is 1. The van der Waals surface area contributed by atoms with Crippen molar-refractivity contribution in [2.75, 3.05) is 13.2 Å². The minimum Gasteiger partial charge on any atom is -0.379 e. The molecule has 82 valence electrons. The number of thioether (sulfide) groups is 1. The molecular formula is C10H13BrN2OS. The highest BCUT2D eigenvalue weighted by Gasteiger charge is 2.20. The second-order valence-corrected chi connectivity index (χ2v) is 5.95. The lowest BCUT2D eigenvalue weighted by molar-refractivity contribution is 0.0454. The summed E-state index contributed by atoms with van der Waals surface area (Å²) in [7, 11) is 0. The molecule has 1 saturated heterocycles. The van der Waals surface area contributed by atoms with Crippen molar-refractivity contribution in [2.45, 2.75) is 30.0 Å². The van der Waals surface area contributed by atoms with Gasteiger partial charge in [0.1, 0.15) is 15.5 Å². The third-order valence-electron chi connectivity index (χ3n) is 2.10. The molecule has 3 nitrogen and oxygen atoms in total. The fourth-order valence-corrected chi connectivity index (χ4v) is 2.73. The second-order valence-electron chi connectivity index (χ2n) is 3.82. The largest absolute Gasteiger partial charge is 0.379 e. The summed E-state index contributed by atoms with van der Waals surface area (Å²) in [4.78, 5) is 8.87. The summed E-state index contributed by atoms with van der Waals surface area (Å²) < 4.78 is 6.00. The van der Waals surface area contributed by atoms with Gasteiger partial charge in [-0.2, -0.15) is 0 Å². The molecule has 1 aliphatic rings. The van der Waals surface area contributed by atoms with Gasteiger partial charge in [-0.1, -0.05) is 25.6 Å². The first kappa shape index (κ1) is 11.4. The first-order chi connectivity index (χ1) is 7.15. The average molecular weight is 289 g/mol. The number of hydrogen-bond donors (Lipinski definition) is 0. The van der Waals surface area contributed by atoms with Crippen molar-refractivity contribution < 1.29 is 4.74 Å². The Hall–Kier alpha value is -0.130. The molecule has 0 saturated carbocycles. The molecule has 0 aromatic carbocycles. The molecule has 2 rings (SSSR count). The zero-order valence-electron chi connectivity index (χ0n) is 8.74. The highest BCUT2D eigenvalue weighted by molar-refractivity contribution is 9.10. The number of hydrogen-bond acceptors (Lipinski definition) is 4. The van der Waals surface area contributed by atoms with Gasteiger partial charge < -0.3 is 4.74 Å². The van der Waals surface area contributed by atoms with Gasteiger partial charge in [0, 0.05) is 12.0 Å². The average Bonchev–Trinajstić information content (AvgIpc) is 2.10. The van der Waals surface area contributed by atoms with E-state index in [-0.39, 0.29) is 0 Å². The zero-order chi connectivity index (χ0) is 10.8. The highest BCUT2D eigenvalue weighted by Crippen LogP contribution is 2.28. The molecule has 1 fully saturated rings. The lowest BCUT2D eigenvalue weighted by atomic mass is 10.2. The number of ether oxygens (including phenoxy) is 1. The molecule has 2 heterocycles. The number of rotatable bonds is 3. The van der Waals surface area contributed by atoms with E-state index in [4.69, 9.17) is 4.74 Å². The minimum absolute atomic E-state index is 0.361. The number of nitrogens with zero attached hydrogens (tertiary/aromatic N) is 2. The van der Waals surface area contributed by atoms with E-state index in [1.807, 2.05) is 6.07 Å². The molecule has 0 unspecified atom stereocenters. The van der Waals surface area contributed by atoms with Gasteiger partial charge in [-0.05, 0) is 15.9 Å². The van der Waals surface area contributed by atoms with Crippen LogP contribution < -0.4 is 0 Å². The third-order valence-corrected chi connectivity index (χ3v) is 3.56. The summed E-state index contributed by atoms with van der Waals surface area (Å²) in [5.74, 6) is 1.26. The molecule has 1 aromatic rings. The van der Waals surface area contributed by atoms with E-state index < -0.39 is 0 Å². The maximum atomic E-state index is 5.14. The normalized spacial score (nSPS) is 16.8. The summed E-state index contributed by atoms with van der Waals surface area (Å²) in [6, 6.07) is 1.97. The Bertz CT molecular complexity index is 355. The van der Waals surface area contributed by atoms with Crippen LogP contribution in [0.5, 0.6) is 0 Å². The Balaban J connectivity index is 2.15. The van der Waals surface area contributed by atoms with Crippen LogP contribution in [0.25, 0.3) is 0 Å². The van der Waals surface area contributed by atoms with Crippen LogP contribution in [0.3, 0.4) is 0 Å². The molecule has 0 spiro atoms. The van der Waals surface area contributed by atoms with Gasteiger partial charge >= 0.3 is 0 Å². The molecule has 0 amide bonds. The van der Waals surface area contributed by atoms with Crippen molar-refractivity contribution in [2.24, 2.45) is 0 Å². The molecule has 1 aromatic heterocycles.